The predicted molar refractivity (Wildman–Crippen MR) is 433 cm³/mol. The molecular weight excluding hydrogens is 1340 g/mol. The van der Waals surface area contributed by atoms with Gasteiger partial charge in [0.15, 0.2) is 0 Å². The van der Waals surface area contributed by atoms with E-state index in [1.807, 2.05) is 121 Å². The molecule has 15 aromatic carbocycles. The highest BCUT2D eigenvalue weighted by atomic mass is 19.1. The summed E-state index contributed by atoms with van der Waals surface area (Å²) in [6.07, 6.45) is 3.60. The molecule has 0 spiro atoms. The van der Waals surface area contributed by atoms with Crippen molar-refractivity contribution in [1.29, 1.82) is 0 Å². The zero-order chi connectivity index (χ0) is 74.0. The van der Waals surface area contributed by atoms with E-state index in [4.69, 9.17) is 9.47 Å². The van der Waals surface area contributed by atoms with Crippen LogP contribution in [0.25, 0.3) is 56.7 Å². The Morgan fingerprint density at radius 1 is 0.250 bits per heavy atom. The van der Waals surface area contributed by atoms with Crippen molar-refractivity contribution in [2.45, 2.75) is 38.5 Å². The third-order valence-corrected chi connectivity index (χ3v) is 21.7. The summed E-state index contributed by atoms with van der Waals surface area (Å²) in [4.78, 5) is 4.36. The maximum Gasteiger partial charge on any atom is 0.127 e. The first kappa shape index (κ1) is 67.8. The molecule has 0 amide bonds. The van der Waals surface area contributed by atoms with Gasteiger partial charge in [-0.05, 0) is 320 Å². The van der Waals surface area contributed by atoms with Crippen LogP contribution in [0.15, 0.2) is 341 Å². The first-order valence-corrected chi connectivity index (χ1v) is 36.1. The van der Waals surface area contributed by atoms with Gasteiger partial charge in [0.05, 0.1) is 10.8 Å². The fraction of sp³-hybridized carbons (Fsp3) is 0.0600. The molecule has 2 atom stereocenters. The Bertz CT molecular complexity index is 5610. The van der Waals surface area contributed by atoms with Crippen molar-refractivity contribution in [3.05, 3.63) is 442 Å². The van der Waals surface area contributed by atoms with Crippen molar-refractivity contribution in [1.82, 2.24) is 0 Å². The molecule has 0 heterocycles. The van der Waals surface area contributed by atoms with Crippen molar-refractivity contribution in [3.63, 3.8) is 0 Å². The molecule has 2 aliphatic carbocycles. The molecule has 0 saturated heterocycles. The van der Waals surface area contributed by atoms with E-state index in [0.717, 1.165) is 157 Å². The van der Waals surface area contributed by atoms with Gasteiger partial charge in [0.25, 0.3) is 0 Å². The normalized spacial score (nSPS) is 14.4. The van der Waals surface area contributed by atoms with E-state index in [1.165, 1.54) is 48.5 Å². The first-order chi connectivity index (χ1) is 52.7. The summed E-state index contributed by atoms with van der Waals surface area (Å²) in [6.45, 7) is 16.4. The van der Waals surface area contributed by atoms with Gasteiger partial charge < -0.3 is 19.3 Å². The quantitative estimate of drug-likeness (QED) is 0.0800. The lowest BCUT2D eigenvalue weighted by Crippen LogP contribution is -2.29. The topological polar surface area (TPSA) is 24.9 Å². The lowest BCUT2D eigenvalue weighted by Gasteiger charge is -2.35. The zero-order valence-corrected chi connectivity index (χ0v) is 60.0. The molecule has 108 heavy (non-hydrogen) atoms. The number of hydrogen-bond donors (Lipinski definition) is 0. The van der Waals surface area contributed by atoms with Gasteiger partial charge in [-0.2, -0.15) is 0 Å². The molecule has 17 rings (SSSR count). The molecule has 0 radical (unpaired) electrons. The fourth-order valence-electron chi connectivity index (χ4n) is 16.6. The van der Waals surface area contributed by atoms with E-state index >= 15 is 17.6 Å². The van der Waals surface area contributed by atoms with E-state index in [1.54, 1.807) is 12.2 Å². The van der Waals surface area contributed by atoms with Crippen LogP contribution in [0.1, 0.15) is 77.9 Å². The van der Waals surface area contributed by atoms with Gasteiger partial charge in [0.2, 0.25) is 0 Å². The zero-order valence-electron chi connectivity index (χ0n) is 60.0. The van der Waals surface area contributed by atoms with Crippen LogP contribution in [0.2, 0.25) is 0 Å². The number of anilines is 6. The van der Waals surface area contributed by atoms with E-state index in [9.17, 15) is 0 Å². The number of nitrogens with zero attached hydrogens (tertiary/aromatic N) is 2. The molecule has 0 bridgehead atoms. The van der Waals surface area contributed by atoms with Crippen LogP contribution in [0.3, 0.4) is 0 Å². The summed E-state index contributed by atoms with van der Waals surface area (Å²) in [7, 11) is 0. The van der Waals surface area contributed by atoms with Gasteiger partial charge in [0.1, 0.15) is 46.3 Å². The van der Waals surface area contributed by atoms with E-state index < -0.39 is 10.8 Å². The highest BCUT2D eigenvalue weighted by Crippen LogP contribution is 2.60. The largest absolute Gasteiger partial charge is 0.457 e. The summed E-state index contributed by atoms with van der Waals surface area (Å²) in [6, 6.07) is 107. The van der Waals surface area contributed by atoms with Crippen LogP contribution in [-0.2, 0) is 10.8 Å². The van der Waals surface area contributed by atoms with Crippen LogP contribution in [0.5, 0.6) is 23.0 Å². The minimum absolute atomic E-state index is 0.329. The van der Waals surface area contributed by atoms with Gasteiger partial charge in [-0.25, -0.2) is 17.6 Å². The molecule has 2 unspecified atom stereocenters. The Kier molecular flexibility index (Phi) is 17.4. The monoisotopic (exact) mass is 1410 g/mol. The molecule has 522 valence electrons. The lowest BCUT2D eigenvalue weighted by atomic mass is 9.67. The van der Waals surface area contributed by atoms with Gasteiger partial charge in [-0.1, -0.05) is 183 Å². The highest BCUT2D eigenvalue weighted by molar-refractivity contribution is 5.93. The molecule has 0 aromatic heterocycles. The number of halogens is 4. The lowest BCUT2D eigenvalue weighted by molar-refractivity contribution is 0.482. The summed E-state index contributed by atoms with van der Waals surface area (Å²) in [5.41, 5.74) is 26.0. The Balaban J connectivity index is 0.718. The Hall–Kier alpha value is -13.3. The predicted octanol–water partition coefficient (Wildman–Crippen LogP) is 27.3. The van der Waals surface area contributed by atoms with Crippen molar-refractivity contribution >= 4 is 46.3 Å². The molecule has 0 fully saturated rings. The number of rotatable bonds is 18. The molecular formula is C100H72F4N2O2. The SMILES string of the molecule is C=Cc1ccc(Oc2ccc(C3(c4ccc(F)cc4)c4ccccc4-c4ccc(N(c5ccc(F)cc5)c5ccc(-c6cc(C)c(-c7ccc(N(c8ccc(F)cc8)c8ccc9c(c8)C(c8ccc(F)cc8)(c8ccc(Oc%10ccc(C=C)cc%10)cc8)c8ccccc8-9)cc7C)cc6C)c(C)c5)cc43)cc2)cc1. The minimum atomic E-state index is -0.896. The van der Waals surface area contributed by atoms with E-state index in [-0.39, 0.29) is 23.3 Å². The number of hydrogen-bond acceptors (Lipinski definition) is 4. The third kappa shape index (κ3) is 11.8. The summed E-state index contributed by atoms with van der Waals surface area (Å²) < 4.78 is 73.2. The first-order valence-electron chi connectivity index (χ1n) is 36.1. The van der Waals surface area contributed by atoms with E-state index in [2.05, 4.69) is 208 Å². The van der Waals surface area contributed by atoms with Gasteiger partial charge in [-0.3, -0.25) is 0 Å². The van der Waals surface area contributed by atoms with Crippen molar-refractivity contribution in [2.24, 2.45) is 0 Å². The van der Waals surface area contributed by atoms with Gasteiger partial charge in [0, 0.05) is 34.1 Å². The average molecular weight is 1410 g/mol. The summed E-state index contributed by atoms with van der Waals surface area (Å²) >= 11 is 0. The molecule has 15 aromatic rings. The second-order valence-electron chi connectivity index (χ2n) is 28.0. The summed E-state index contributed by atoms with van der Waals surface area (Å²) in [5, 5.41) is 0. The van der Waals surface area contributed by atoms with Crippen LogP contribution in [0, 0.1) is 51.0 Å². The molecule has 8 heteroatoms. The Morgan fingerprint density at radius 3 is 0.833 bits per heavy atom. The van der Waals surface area contributed by atoms with Crippen molar-refractivity contribution < 1.29 is 27.0 Å². The van der Waals surface area contributed by atoms with Crippen molar-refractivity contribution in [2.75, 3.05) is 9.80 Å². The van der Waals surface area contributed by atoms with Crippen LogP contribution < -0.4 is 19.3 Å². The van der Waals surface area contributed by atoms with Gasteiger partial charge >= 0.3 is 0 Å². The molecule has 0 saturated carbocycles. The smallest absolute Gasteiger partial charge is 0.127 e. The van der Waals surface area contributed by atoms with Crippen LogP contribution in [0.4, 0.5) is 51.7 Å². The third-order valence-electron chi connectivity index (χ3n) is 21.7. The maximum atomic E-state index is 15.1. The highest BCUT2D eigenvalue weighted by Gasteiger charge is 2.48. The standard InChI is InChI=1S/C100H72F4N2O2/c1-7-67-17-45-83(46-18-67)107-85-49-25-71(26-50-85)99(69-21-29-73(101)30-22-69)95-15-11-9-13-89(95)91-55-43-81(61-97(91)99)105(77-37-33-75(103)34-38-77)79-41-53-87(63(3)57-79)93-59-66(6)94(60-65(93)5)88-54-42-80(58-64(88)4)106(78-39-35-76(104)36-40-78)82-44-56-92-90-14-10-12-16-96(90)100(98(92)62-82,70-23-31-74(102)32-24-70)72-27-51-86(52-28-72)108-84-47-19-68(8-2)20-48-84/h7-62H,1-2H2,3-6H3. The molecule has 4 nitrogen and oxygen atoms in total. The minimum Gasteiger partial charge on any atom is -0.457 e. The number of aryl methyl sites for hydroxylation is 4. The molecule has 2 aliphatic rings. The summed E-state index contributed by atoms with van der Waals surface area (Å²) in [5.74, 6) is 1.40. The number of ether oxygens (including phenoxy) is 2. The van der Waals surface area contributed by atoms with Crippen LogP contribution in [-0.4, -0.2) is 0 Å². The molecule has 0 N–H and O–H groups in total. The fourth-order valence-corrected chi connectivity index (χ4v) is 16.6. The number of fused-ring (bicyclic) bond motifs is 6. The Morgan fingerprint density at radius 2 is 0.509 bits per heavy atom. The second kappa shape index (κ2) is 27.6. The second-order valence-corrected chi connectivity index (χ2v) is 28.0. The molecule has 0 aliphatic heterocycles. The number of benzene rings is 15. The van der Waals surface area contributed by atoms with Gasteiger partial charge in [-0.15, -0.1) is 0 Å². The van der Waals surface area contributed by atoms with E-state index in [0.29, 0.717) is 23.0 Å². The van der Waals surface area contributed by atoms with Crippen molar-refractivity contribution in [3.8, 4) is 67.5 Å². The maximum absolute atomic E-state index is 15.1. The van der Waals surface area contributed by atoms with Crippen LogP contribution >= 0.6 is 0 Å². The average Bonchev–Trinajstić information content (AvgIpc) is 1.54. The Labute approximate surface area is 627 Å².